The zero-order valence-corrected chi connectivity index (χ0v) is 13.2. The molecule has 1 aromatic heterocycles. The van der Waals surface area contributed by atoms with Crippen LogP contribution < -0.4 is 15.2 Å². The molecule has 2 heterocycles. The minimum absolute atomic E-state index is 0.428. The predicted octanol–water partition coefficient (Wildman–Crippen LogP) is 3.21. The van der Waals surface area contributed by atoms with E-state index in [2.05, 4.69) is 13.8 Å². The van der Waals surface area contributed by atoms with E-state index in [1.54, 1.807) is 11.3 Å². The molecule has 4 nitrogen and oxygen atoms in total. The Morgan fingerprint density at radius 3 is 2.71 bits per heavy atom. The highest BCUT2D eigenvalue weighted by atomic mass is 32.1. The minimum atomic E-state index is 0.428. The molecule has 0 fully saturated rings. The van der Waals surface area contributed by atoms with Gasteiger partial charge in [-0.15, -0.1) is 11.3 Å². The number of ether oxygens (including phenoxy) is 2. The van der Waals surface area contributed by atoms with Crippen molar-refractivity contribution in [1.82, 2.24) is 4.98 Å². The summed E-state index contributed by atoms with van der Waals surface area (Å²) in [5, 5.41) is 1.16. The molecule has 0 aliphatic carbocycles. The van der Waals surface area contributed by atoms with Gasteiger partial charge in [-0.3, -0.25) is 0 Å². The molecule has 0 bridgehead atoms. The maximum absolute atomic E-state index is 5.74. The number of rotatable bonds is 4. The minimum Gasteiger partial charge on any atom is -0.486 e. The summed E-state index contributed by atoms with van der Waals surface area (Å²) in [4.78, 5) is 6.06. The number of benzene rings is 1. The highest BCUT2D eigenvalue weighted by molar-refractivity contribution is 7.12. The van der Waals surface area contributed by atoms with E-state index in [1.165, 1.54) is 4.88 Å². The summed E-state index contributed by atoms with van der Waals surface area (Å²) in [6.07, 6.45) is 0.855. The van der Waals surface area contributed by atoms with Crippen LogP contribution in [0, 0.1) is 0 Å². The van der Waals surface area contributed by atoms with Gasteiger partial charge in [0.25, 0.3) is 0 Å². The van der Waals surface area contributed by atoms with E-state index in [4.69, 9.17) is 20.2 Å². The van der Waals surface area contributed by atoms with Crippen molar-refractivity contribution < 1.29 is 9.47 Å². The molecule has 0 spiro atoms. The summed E-state index contributed by atoms with van der Waals surface area (Å²) in [7, 11) is 0. The van der Waals surface area contributed by atoms with Crippen LogP contribution in [0.4, 0.5) is 0 Å². The molecule has 5 heteroatoms. The number of thiazole rings is 1. The van der Waals surface area contributed by atoms with Crippen LogP contribution in [-0.2, 0) is 6.42 Å². The summed E-state index contributed by atoms with van der Waals surface area (Å²) in [6, 6.07) is 6.03. The van der Waals surface area contributed by atoms with Gasteiger partial charge in [0, 0.05) is 16.4 Å². The van der Waals surface area contributed by atoms with Crippen LogP contribution >= 0.6 is 11.3 Å². The molecular formula is C16H20N2O2S. The second-order valence-electron chi connectivity index (χ2n) is 5.38. The summed E-state index contributed by atoms with van der Waals surface area (Å²) >= 11 is 1.76. The smallest absolute Gasteiger partial charge is 0.162 e. The van der Waals surface area contributed by atoms with E-state index in [-0.39, 0.29) is 0 Å². The number of nitrogens with zero attached hydrogens (tertiary/aromatic N) is 1. The fourth-order valence-electron chi connectivity index (χ4n) is 2.33. The lowest BCUT2D eigenvalue weighted by molar-refractivity contribution is 0.171. The molecule has 0 atom stereocenters. The first-order chi connectivity index (χ1) is 10.2. The van der Waals surface area contributed by atoms with Gasteiger partial charge in [0.15, 0.2) is 11.5 Å². The number of hydrogen-bond acceptors (Lipinski definition) is 5. The molecule has 1 aromatic carbocycles. The SMILES string of the molecule is CC(C)c1nc(-c2ccc3c(c2)OCCO3)c(CCN)s1. The van der Waals surface area contributed by atoms with E-state index in [1.807, 2.05) is 18.2 Å². The Labute approximate surface area is 128 Å². The first-order valence-corrected chi connectivity index (χ1v) is 8.10. The Morgan fingerprint density at radius 2 is 2.00 bits per heavy atom. The zero-order valence-electron chi connectivity index (χ0n) is 12.4. The molecule has 0 unspecified atom stereocenters. The zero-order chi connectivity index (χ0) is 14.8. The monoisotopic (exact) mass is 304 g/mol. The van der Waals surface area contributed by atoms with Crippen LogP contribution in [-0.4, -0.2) is 24.7 Å². The van der Waals surface area contributed by atoms with Crippen molar-refractivity contribution in [2.75, 3.05) is 19.8 Å². The highest BCUT2D eigenvalue weighted by Crippen LogP contribution is 2.37. The Hall–Kier alpha value is -1.59. The molecule has 2 N–H and O–H groups in total. The van der Waals surface area contributed by atoms with Crippen molar-refractivity contribution in [3.63, 3.8) is 0 Å². The Balaban J connectivity index is 2.02. The van der Waals surface area contributed by atoms with E-state index < -0.39 is 0 Å². The first kappa shape index (κ1) is 14.4. The Bertz CT molecular complexity index is 637. The lowest BCUT2D eigenvalue weighted by atomic mass is 10.1. The van der Waals surface area contributed by atoms with Gasteiger partial charge in [-0.2, -0.15) is 0 Å². The van der Waals surface area contributed by atoms with Crippen LogP contribution in [0.1, 0.15) is 29.7 Å². The van der Waals surface area contributed by atoms with E-state index >= 15 is 0 Å². The standard InChI is InChI=1S/C16H20N2O2S/c1-10(2)16-18-15(14(21-16)5-6-17)11-3-4-12-13(9-11)20-8-7-19-12/h3-4,9-10H,5-8,17H2,1-2H3. The molecule has 0 saturated carbocycles. The average molecular weight is 304 g/mol. The second kappa shape index (κ2) is 6.03. The van der Waals surface area contributed by atoms with Crippen molar-refractivity contribution in [3.8, 4) is 22.8 Å². The number of aromatic nitrogens is 1. The van der Waals surface area contributed by atoms with Crippen molar-refractivity contribution in [2.24, 2.45) is 5.73 Å². The average Bonchev–Trinajstić information content (AvgIpc) is 2.91. The maximum Gasteiger partial charge on any atom is 0.162 e. The van der Waals surface area contributed by atoms with Crippen LogP contribution in [0.5, 0.6) is 11.5 Å². The third-order valence-corrected chi connectivity index (χ3v) is 4.81. The van der Waals surface area contributed by atoms with Crippen LogP contribution in [0.25, 0.3) is 11.3 Å². The second-order valence-corrected chi connectivity index (χ2v) is 6.49. The molecule has 0 radical (unpaired) electrons. The molecule has 3 rings (SSSR count). The molecule has 1 aliphatic heterocycles. The number of fused-ring (bicyclic) bond motifs is 1. The van der Waals surface area contributed by atoms with Gasteiger partial charge in [0.05, 0.1) is 10.7 Å². The largest absolute Gasteiger partial charge is 0.486 e. The lowest BCUT2D eigenvalue weighted by Crippen LogP contribution is -2.15. The number of nitrogens with two attached hydrogens (primary N) is 1. The van der Waals surface area contributed by atoms with Gasteiger partial charge in [0.1, 0.15) is 13.2 Å². The van der Waals surface area contributed by atoms with E-state index in [0.29, 0.717) is 25.7 Å². The van der Waals surface area contributed by atoms with Crippen LogP contribution in [0.15, 0.2) is 18.2 Å². The highest BCUT2D eigenvalue weighted by Gasteiger charge is 2.18. The Morgan fingerprint density at radius 1 is 1.24 bits per heavy atom. The van der Waals surface area contributed by atoms with Gasteiger partial charge in [-0.25, -0.2) is 4.98 Å². The van der Waals surface area contributed by atoms with Crippen molar-refractivity contribution in [1.29, 1.82) is 0 Å². The lowest BCUT2D eigenvalue weighted by Gasteiger charge is -2.18. The summed E-state index contributed by atoms with van der Waals surface area (Å²) in [5.74, 6) is 2.04. The van der Waals surface area contributed by atoms with Gasteiger partial charge < -0.3 is 15.2 Å². The predicted molar refractivity (Wildman–Crippen MR) is 85.4 cm³/mol. The van der Waals surface area contributed by atoms with Crippen LogP contribution in [0.3, 0.4) is 0 Å². The van der Waals surface area contributed by atoms with Gasteiger partial charge in [-0.05, 0) is 31.2 Å². The summed E-state index contributed by atoms with van der Waals surface area (Å²) < 4.78 is 11.2. The fraction of sp³-hybridized carbons (Fsp3) is 0.438. The molecule has 112 valence electrons. The third kappa shape index (κ3) is 2.89. The first-order valence-electron chi connectivity index (χ1n) is 7.28. The summed E-state index contributed by atoms with van der Waals surface area (Å²) in [5.41, 5.74) is 7.85. The Kier molecular flexibility index (Phi) is 4.12. The number of hydrogen-bond donors (Lipinski definition) is 1. The van der Waals surface area contributed by atoms with E-state index in [0.717, 1.165) is 34.2 Å². The molecule has 21 heavy (non-hydrogen) atoms. The fourth-order valence-corrected chi connectivity index (χ4v) is 3.44. The van der Waals surface area contributed by atoms with E-state index in [9.17, 15) is 0 Å². The molecule has 0 amide bonds. The van der Waals surface area contributed by atoms with Crippen LogP contribution in [0.2, 0.25) is 0 Å². The van der Waals surface area contributed by atoms with Gasteiger partial charge in [-0.1, -0.05) is 13.8 Å². The van der Waals surface area contributed by atoms with Gasteiger partial charge in [0.2, 0.25) is 0 Å². The molecule has 2 aromatic rings. The normalized spacial score (nSPS) is 13.7. The molecular weight excluding hydrogens is 284 g/mol. The summed E-state index contributed by atoms with van der Waals surface area (Å²) in [6.45, 7) is 6.17. The van der Waals surface area contributed by atoms with Crippen molar-refractivity contribution in [3.05, 3.63) is 28.1 Å². The molecule has 1 aliphatic rings. The quantitative estimate of drug-likeness (QED) is 0.942. The maximum atomic E-state index is 5.74. The van der Waals surface area contributed by atoms with Gasteiger partial charge >= 0.3 is 0 Å². The van der Waals surface area contributed by atoms with Crippen molar-refractivity contribution in [2.45, 2.75) is 26.2 Å². The molecule has 0 saturated heterocycles. The van der Waals surface area contributed by atoms with Crippen molar-refractivity contribution >= 4 is 11.3 Å². The topological polar surface area (TPSA) is 57.4 Å². The third-order valence-electron chi connectivity index (χ3n) is 3.39.